The van der Waals surface area contributed by atoms with Gasteiger partial charge in [-0.2, -0.15) is 0 Å². The average molecular weight is 274 g/mol. The van der Waals surface area contributed by atoms with E-state index in [1.807, 2.05) is 0 Å². The number of rotatable bonds is 7. The maximum Gasteiger partial charge on any atom is 0.339 e. The van der Waals surface area contributed by atoms with Crippen LogP contribution in [0.5, 0.6) is 0 Å². The van der Waals surface area contributed by atoms with Crippen molar-refractivity contribution in [3.8, 4) is 0 Å². The van der Waals surface area contributed by atoms with Gasteiger partial charge < -0.3 is 10.4 Å². The Labute approximate surface area is 105 Å². The fraction of sp³-hybridized carbons (Fsp3) is 0.444. The number of nitrogens with zero attached hydrogens (tertiary/aromatic N) is 2. The standard InChI is InChI=1S/C9H14N4O4S/c1-18(16,17)13-3-2-10-5-8-7(9(14)15)4-11-6-12-8/h4,6,10,13H,2-3,5H2,1H3,(H,14,15). The molecule has 1 aromatic heterocycles. The van der Waals surface area contributed by atoms with Gasteiger partial charge in [-0.25, -0.2) is 27.9 Å². The quantitative estimate of drug-likeness (QED) is 0.535. The van der Waals surface area contributed by atoms with Crippen LogP contribution < -0.4 is 10.0 Å². The van der Waals surface area contributed by atoms with E-state index in [0.29, 0.717) is 12.2 Å². The third-order valence-electron chi connectivity index (χ3n) is 1.98. The van der Waals surface area contributed by atoms with E-state index in [1.165, 1.54) is 12.5 Å². The Morgan fingerprint density at radius 1 is 1.44 bits per heavy atom. The first-order valence-corrected chi connectivity index (χ1v) is 6.97. The zero-order valence-electron chi connectivity index (χ0n) is 9.75. The lowest BCUT2D eigenvalue weighted by atomic mass is 10.2. The van der Waals surface area contributed by atoms with Gasteiger partial charge in [-0.3, -0.25) is 0 Å². The second kappa shape index (κ2) is 6.38. The number of hydrogen-bond donors (Lipinski definition) is 3. The molecule has 0 aromatic carbocycles. The molecule has 0 spiro atoms. The van der Waals surface area contributed by atoms with E-state index in [9.17, 15) is 13.2 Å². The monoisotopic (exact) mass is 274 g/mol. The molecule has 18 heavy (non-hydrogen) atoms. The van der Waals surface area contributed by atoms with E-state index in [4.69, 9.17) is 5.11 Å². The molecule has 8 nitrogen and oxygen atoms in total. The van der Waals surface area contributed by atoms with Gasteiger partial charge in [0.15, 0.2) is 0 Å². The van der Waals surface area contributed by atoms with Gasteiger partial charge in [0.1, 0.15) is 11.9 Å². The van der Waals surface area contributed by atoms with E-state index in [1.54, 1.807) is 0 Å². The summed E-state index contributed by atoms with van der Waals surface area (Å²) >= 11 is 0. The summed E-state index contributed by atoms with van der Waals surface area (Å²) in [6.45, 7) is 0.831. The van der Waals surface area contributed by atoms with Crippen LogP contribution in [0.4, 0.5) is 0 Å². The van der Waals surface area contributed by atoms with Crippen LogP contribution in [0.3, 0.4) is 0 Å². The Bertz CT molecular complexity index is 517. The van der Waals surface area contributed by atoms with E-state index in [0.717, 1.165) is 6.26 Å². The second-order valence-corrected chi connectivity index (χ2v) is 5.36. The fourth-order valence-electron chi connectivity index (χ4n) is 1.21. The molecule has 0 fully saturated rings. The summed E-state index contributed by atoms with van der Waals surface area (Å²) in [5.74, 6) is -1.10. The van der Waals surface area contributed by atoms with Crippen LogP contribution in [0, 0.1) is 0 Å². The minimum Gasteiger partial charge on any atom is -0.478 e. The molecule has 9 heteroatoms. The predicted octanol–water partition coefficient (Wildman–Crippen LogP) is -1.19. The molecule has 0 amide bonds. The summed E-state index contributed by atoms with van der Waals surface area (Å²) in [5, 5.41) is 11.8. The van der Waals surface area contributed by atoms with Crippen molar-refractivity contribution in [3.63, 3.8) is 0 Å². The molecule has 0 radical (unpaired) electrons. The van der Waals surface area contributed by atoms with Crippen LogP contribution >= 0.6 is 0 Å². The first-order valence-electron chi connectivity index (χ1n) is 5.07. The van der Waals surface area contributed by atoms with Crippen molar-refractivity contribution in [1.82, 2.24) is 20.0 Å². The largest absolute Gasteiger partial charge is 0.478 e. The van der Waals surface area contributed by atoms with E-state index < -0.39 is 16.0 Å². The lowest BCUT2D eigenvalue weighted by Gasteiger charge is -2.06. The van der Waals surface area contributed by atoms with Crippen molar-refractivity contribution in [2.45, 2.75) is 6.54 Å². The minimum absolute atomic E-state index is 0.0288. The fourth-order valence-corrected chi connectivity index (χ4v) is 1.68. The van der Waals surface area contributed by atoms with Crippen molar-refractivity contribution in [2.75, 3.05) is 19.3 Å². The molecular weight excluding hydrogens is 260 g/mol. The summed E-state index contributed by atoms with van der Waals surface area (Å²) < 4.78 is 23.8. The van der Waals surface area contributed by atoms with Crippen molar-refractivity contribution < 1.29 is 18.3 Å². The average Bonchev–Trinajstić information content (AvgIpc) is 2.27. The zero-order valence-corrected chi connectivity index (χ0v) is 10.6. The van der Waals surface area contributed by atoms with Crippen LogP contribution in [0.2, 0.25) is 0 Å². The third kappa shape index (κ3) is 5.17. The minimum atomic E-state index is -3.20. The predicted molar refractivity (Wildman–Crippen MR) is 63.5 cm³/mol. The number of aromatic carboxylic acids is 1. The maximum atomic E-state index is 10.8. The summed E-state index contributed by atoms with van der Waals surface area (Å²) in [6.07, 6.45) is 3.55. The van der Waals surface area contributed by atoms with Gasteiger partial charge in [-0.15, -0.1) is 0 Å². The van der Waals surface area contributed by atoms with Gasteiger partial charge in [-0.1, -0.05) is 0 Å². The first kappa shape index (κ1) is 14.5. The number of hydrogen-bond acceptors (Lipinski definition) is 6. The van der Waals surface area contributed by atoms with Crippen LogP contribution in [-0.2, 0) is 16.6 Å². The Balaban J connectivity index is 2.42. The highest BCUT2D eigenvalue weighted by Crippen LogP contribution is 2.02. The Morgan fingerprint density at radius 2 is 2.17 bits per heavy atom. The van der Waals surface area contributed by atoms with E-state index in [2.05, 4.69) is 20.0 Å². The number of carbonyl (C=O) groups is 1. The molecule has 1 aromatic rings. The third-order valence-corrected chi connectivity index (χ3v) is 2.71. The highest BCUT2D eigenvalue weighted by atomic mass is 32.2. The number of carboxylic acid groups (broad SMARTS) is 1. The molecule has 1 heterocycles. The normalized spacial score (nSPS) is 11.4. The summed E-state index contributed by atoms with van der Waals surface area (Å²) in [6, 6.07) is 0. The van der Waals surface area contributed by atoms with Gasteiger partial charge >= 0.3 is 5.97 Å². The van der Waals surface area contributed by atoms with E-state index >= 15 is 0 Å². The number of carboxylic acids is 1. The van der Waals surface area contributed by atoms with Crippen LogP contribution in [-0.4, -0.2) is 48.8 Å². The first-order chi connectivity index (χ1) is 8.40. The number of sulfonamides is 1. The molecule has 0 bridgehead atoms. The van der Waals surface area contributed by atoms with Crippen LogP contribution in [0.1, 0.15) is 16.1 Å². The van der Waals surface area contributed by atoms with Gasteiger partial charge in [0.05, 0.1) is 11.9 Å². The molecular formula is C9H14N4O4S. The van der Waals surface area contributed by atoms with Gasteiger partial charge in [0, 0.05) is 25.8 Å². The Kier molecular flexibility index (Phi) is 5.13. The topological polar surface area (TPSA) is 121 Å². The molecule has 0 saturated carbocycles. The molecule has 0 aliphatic carbocycles. The zero-order chi connectivity index (χ0) is 13.6. The summed E-state index contributed by atoms with van der Waals surface area (Å²) in [4.78, 5) is 18.3. The summed E-state index contributed by atoms with van der Waals surface area (Å²) in [5.41, 5.74) is 0.387. The molecule has 1 rings (SSSR count). The van der Waals surface area contributed by atoms with Crippen molar-refractivity contribution in [2.24, 2.45) is 0 Å². The molecule has 0 unspecified atom stereocenters. The number of aromatic nitrogens is 2. The van der Waals surface area contributed by atoms with Crippen molar-refractivity contribution in [3.05, 3.63) is 23.8 Å². The number of nitrogens with one attached hydrogen (secondary N) is 2. The highest BCUT2D eigenvalue weighted by Gasteiger charge is 2.10. The van der Waals surface area contributed by atoms with Gasteiger partial charge in [0.25, 0.3) is 0 Å². The van der Waals surface area contributed by atoms with Crippen LogP contribution in [0.25, 0.3) is 0 Å². The highest BCUT2D eigenvalue weighted by molar-refractivity contribution is 7.88. The lowest BCUT2D eigenvalue weighted by Crippen LogP contribution is -2.31. The summed E-state index contributed by atoms with van der Waals surface area (Å²) in [7, 11) is -3.20. The van der Waals surface area contributed by atoms with Crippen molar-refractivity contribution >= 4 is 16.0 Å². The Hall–Kier alpha value is -1.58. The molecule has 100 valence electrons. The molecule has 0 aliphatic rings. The van der Waals surface area contributed by atoms with Gasteiger partial charge in [-0.05, 0) is 0 Å². The lowest BCUT2D eigenvalue weighted by molar-refractivity contribution is 0.0694. The van der Waals surface area contributed by atoms with Gasteiger partial charge in [0.2, 0.25) is 10.0 Å². The SMILES string of the molecule is CS(=O)(=O)NCCNCc1ncncc1C(=O)O. The maximum absolute atomic E-state index is 10.8. The smallest absolute Gasteiger partial charge is 0.339 e. The van der Waals surface area contributed by atoms with Crippen molar-refractivity contribution in [1.29, 1.82) is 0 Å². The molecule has 3 N–H and O–H groups in total. The Morgan fingerprint density at radius 3 is 2.78 bits per heavy atom. The van der Waals surface area contributed by atoms with Crippen LogP contribution in [0.15, 0.2) is 12.5 Å². The molecule has 0 aliphatic heterocycles. The van der Waals surface area contributed by atoms with E-state index in [-0.39, 0.29) is 18.7 Å². The molecule has 0 saturated heterocycles. The molecule has 0 atom stereocenters. The second-order valence-electron chi connectivity index (χ2n) is 3.53.